The average Bonchev–Trinajstić information content (AvgIpc) is 2.83. The van der Waals surface area contributed by atoms with Gasteiger partial charge in [0, 0.05) is 12.7 Å². The highest BCUT2D eigenvalue weighted by atomic mass is 32.2. The third-order valence-electron chi connectivity index (χ3n) is 2.46. The van der Waals surface area contributed by atoms with Gasteiger partial charge < -0.3 is 9.84 Å². The van der Waals surface area contributed by atoms with Gasteiger partial charge in [0.05, 0.1) is 32.1 Å². The number of hydrogen-bond donors (Lipinski definition) is 2. The third-order valence-corrected chi connectivity index (χ3v) is 4.38. The number of morpholine rings is 1. The normalized spacial score (nSPS) is 23.4. The molecule has 7 nitrogen and oxygen atoms in total. The van der Waals surface area contributed by atoms with Crippen molar-refractivity contribution in [1.82, 2.24) is 14.5 Å². The van der Waals surface area contributed by atoms with Crippen molar-refractivity contribution in [3.05, 3.63) is 12.4 Å². The molecule has 16 heavy (non-hydrogen) atoms. The standard InChI is InChI=1S/C8H13N3O4S/c12-5-7-6-15-2-1-11(7)16(13,14)8-3-9-10-4-8/h3-4,7,12H,1-2,5-6H2,(H,9,10). The minimum atomic E-state index is -3.58. The van der Waals surface area contributed by atoms with Crippen molar-refractivity contribution in [2.45, 2.75) is 10.9 Å². The Balaban J connectivity index is 2.28. The molecule has 1 aromatic rings. The molecule has 0 radical (unpaired) electrons. The Bertz CT molecular complexity index is 430. The van der Waals surface area contributed by atoms with Crippen LogP contribution < -0.4 is 0 Å². The lowest BCUT2D eigenvalue weighted by molar-refractivity contribution is 0.0109. The van der Waals surface area contributed by atoms with E-state index in [9.17, 15) is 8.42 Å². The summed E-state index contributed by atoms with van der Waals surface area (Å²) in [6, 6.07) is -0.520. The zero-order chi connectivity index (χ0) is 11.6. The summed E-state index contributed by atoms with van der Waals surface area (Å²) in [5.41, 5.74) is 0. The van der Waals surface area contributed by atoms with Crippen molar-refractivity contribution in [1.29, 1.82) is 0 Å². The fraction of sp³-hybridized carbons (Fsp3) is 0.625. The second kappa shape index (κ2) is 4.50. The van der Waals surface area contributed by atoms with E-state index < -0.39 is 16.1 Å². The van der Waals surface area contributed by atoms with E-state index in [1.54, 1.807) is 0 Å². The number of aromatic nitrogens is 2. The molecule has 0 bridgehead atoms. The van der Waals surface area contributed by atoms with Gasteiger partial charge in [-0.05, 0) is 0 Å². The predicted molar refractivity (Wildman–Crippen MR) is 54.2 cm³/mol. The molecule has 2 N–H and O–H groups in total. The van der Waals surface area contributed by atoms with E-state index >= 15 is 0 Å². The molecule has 1 aliphatic rings. The van der Waals surface area contributed by atoms with Crippen molar-refractivity contribution < 1.29 is 18.3 Å². The maximum absolute atomic E-state index is 12.1. The number of aliphatic hydroxyl groups excluding tert-OH is 1. The van der Waals surface area contributed by atoms with Crippen molar-refractivity contribution in [3.63, 3.8) is 0 Å². The van der Waals surface area contributed by atoms with E-state index in [2.05, 4.69) is 10.2 Å². The topological polar surface area (TPSA) is 95.5 Å². The molecule has 1 aliphatic heterocycles. The largest absolute Gasteiger partial charge is 0.395 e. The van der Waals surface area contributed by atoms with Crippen molar-refractivity contribution in [3.8, 4) is 0 Å². The number of H-pyrrole nitrogens is 1. The maximum Gasteiger partial charge on any atom is 0.246 e. The van der Waals surface area contributed by atoms with Gasteiger partial charge in [-0.1, -0.05) is 0 Å². The third kappa shape index (κ3) is 1.96. The van der Waals surface area contributed by atoms with Gasteiger partial charge in [0.1, 0.15) is 4.90 Å². The van der Waals surface area contributed by atoms with Gasteiger partial charge in [-0.25, -0.2) is 8.42 Å². The number of sulfonamides is 1. The molecule has 0 aliphatic carbocycles. The van der Waals surface area contributed by atoms with Crippen LogP contribution in [0.25, 0.3) is 0 Å². The first kappa shape index (κ1) is 11.5. The summed E-state index contributed by atoms with van der Waals surface area (Å²) in [4.78, 5) is 0.104. The summed E-state index contributed by atoms with van der Waals surface area (Å²) >= 11 is 0. The monoisotopic (exact) mass is 247 g/mol. The highest BCUT2D eigenvalue weighted by Gasteiger charge is 2.34. The number of aliphatic hydroxyl groups is 1. The number of aromatic amines is 1. The number of rotatable bonds is 3. The fourth-order valence-electron chi connectivity index (χ4n) is 1.62. The van der Waals surface area contributed by atoms with Gasteiger partial charge in [-0.2, -0.15) is 9.40 Å². The molecule has 1 aromatic heterocycles. The van der Waals surface area contributed by atoms with E-state index in [-0.39, 0.29) is 24.7 Å². The lowest BCUT2D eigenvalue weighted by atomic mass is 10.3. The van der Waals surface area contributed by atoms with E-state index in [0.29, 0.717) is 6.61 Å². The Morgan fingerprint density at radius 2 is 2.50 bits per heavy atom. The molecule has 1 atom stereocenters. The van der Waals surface area contributed by atoms with Gasteiger partial charge in [0.2, 0.25) is 10.0 Å². The van der Waals surface area contributed by atoms with Crippen molar-refractivity contribution >= 4 is 10.0 Å². The number of ether oxygens (including phenoxy) is 1. The lowest BCUT2D eigenvalue weighted by Crippen LogP contribution is -2.50. The lowest BCUT2D eigenvalue weighted by Gasteiger charge is -2.32. The van der Waals surface area contributed by atoms with Crippen molar-refractivity contribution in [2.24, 2.45) is 0 Å². The minimum Gasteiger partial charge on any atom is -0.395 e. The molecular weight excluding hydrogens is 234 g/mol. The van der Waals surface area contributed by atoms with Gasteiger partial charge in [0.25, 0.3) is 0 Å². The summed E-state index contributed by atoms with van der Waals surface area (Å²) < 4.78 is 30.6. The van der Waals surface area contributed by atoms with Crippen LogP contribution in [0.4, 0.5) is 0 Å². The summed E-state index contributed by atoms with van der Waals surface area (Å²) in [5.74, 6) is 0. The molecule has 1 fully saturated rings. The summed E-state index contributed by atoms with van der Waals surface area (Å²) in [6.07, 6.45) is 2.57. The zero-order valence-corrected chi connectivity index (χ0v) is 9.35. The van der Waals surface area contributed by atoms with Crippen LogP contribution in [0.3, 0.4) is 0 Å². The quantitative estimate of drug-likeness (QED) is 0.699. The smallest absolute Gasteiger partial charge is 0.246 e. The van der Waals surface area contributed by atoms with Crippen LogP contribution in [-0.2, 0) is 14.8 Å². The molecule has 1 unspecified atom stereocenters. The number of hydrogen-bond acceptors (Lipinski definition) is 5. The van der Waals surface area contributed by atoms with Crippen molar-refractivity contribution in [2.75, 3.05) is 26.4 Å². The Hall–Kier alpha value is -0.960. The van der Waals surface area contributed by atoms with Crippen LogP contribution >= 0.6 is 0 Å². The Morgan fingerprint density at radius 3 is 3.12 bits per heavy atom. The number of nitrogens with one attached hydrogen (secondary N) is 1. The first-order valence-electron chi connectivity index (χ1n) is 4.85. The fourth-order valence-corrected chi connectivity index (χ4v) is 3.11. The molecule has 0 saturated carbocycles. The zero-order valence-electron chi connectivity index (χ0n) is 8.54. The van der Waals surface area contributed by atoms with Crippen LogP contribution in [0.5, 0.6) is 0 Å². The highest BCUT2D eigenvalue weighted by Crippen LogP contribution is 2.19. The highest BCUT2D eigenvalue weighted by molar-refractivity contribution is 7.89. The van der Waals surface area contributed by atoms with Crippen LogP contribution in [0, 0.1) is 0 Å². The van der Waals surface area contributed by atoms with E-state index in [0.717, 1.165) is 0 Å². The van der Waals surface area contributed by atoms with Crippen LogP contribution in [-0.4, -0.2) is 60.4 Å². The second-order valence-electron chi connectivity index (χ2n) is 3.46. The maximum atomic E-state index is 12.1. The van der Waals surface area contributed by atoms with E-state index in [1.807, 2.05) is 0 Å². The minimum absolute atomic E-state index is 0.104. The Labute approximate surface area is 93.1 Å². The molecule has 2 heterocycles. The first-order chi connectivity index (χ1) is 7.66. The molecule has 8 heteroatoms. The van der Waals surface area contributed by atoms with Gasteiger partial charge in [-0.3, -0.25) is 5.10 Å². The molecule has 1 saturated heterocycles. The molecule has 0 amide bonds. The molecule has 0 aromatic carbocycles. The van der Waals surface area contributed by atoms with Gasteiger partial charge in [-0.15, -0.1) is 0 Å². The van der Waals surface area contributed by atoms with E-state index in [1.165, 1.54) is 16.7 Å². The molecule has 0 spiro atoms. The predicted octanol–water partition coefficient (Wildman–Crippen LogP) is -1.21. The van der Waals surface area contributed by atoms with Gasteiger partial charge >= 0.3 is 0 Å². The van der Waals surface area contributed by atoms with Crippen LogP contribution in [0.2, 0.25) is 0 Å². The number of nitrogens with zero attached hydrogens (tertiary/aromatic N) is 2. The Kier molecular flexibility index (Phi) is 3.24. The second-order valence-corrected chi connectivity index (χ2v) is 5.35. The SMILES string of the molecule is O=S(=O)(c1cn[nH]c1)N1CCOCC1CO. The summed E-state index contributed by atoms with van der Waals surface area (Å²) in [7, 11) is -3.58. The van der Waals surface area contributed by atoms with Crippen LogP contribution in [0.15, 0.2) is 17.3 Å². The molecule has 90 valence electrons. The molecular formula is C8H13N3O4S. The van der Waals surface area contributed by atoms with Gasteiger partial charge in [0.15, 0.2) is 0 Å². The van der Waals surface area contributed by atoms with Crippen LogP contribution in [0.1, 0.15) is 0 Å². The first-order valence-corrected chi connectivity index (χ1v) is 6.29. The van der Waals surface area contributed by atoms with E-state index in [4.69, 9.17) is 9.84 Å². The average molecular weight is 247 g/mol. The molecule has 2 rings (SSSR count). The summed E-state index contributed by atoms with van der Waals surface area (Å²) in [6.45, 7) is 0.553. The summed E-state index contributed by atoms with van der Waals surface area (Å²) in [5, 5.41) is 15.2. The Morgan fingerprint density at radius 1 is 1.69 bits per heavy atom.